The van der Waals surface area contributed by atoms with E-state index in [0.717, 1.165) is 13.2 Å². The summed E-state index contributed by atoms with van der Waals surface area (Å²) in [7, 11) is 0. The molecule has 0 rings (SSSR count). The molecule has 1 radical (unpaired) electrons. The Kier molecular flexibility index (Phi) is 6.93. The summed E-state index contributed by atoms with van der Waals surface area (Å²) < 4.78 is 5.17. The summed E-state index contributed by atoms with van der Waals surface area (Å²) in [5, 5.41) is 0. The molecule has 8 heavy (non-hydrogen) atoms. The molecule has 0 saturated heterocycles. The highest BCUT2D eigenvalue weighted by Gasteiger charge is 1.82. The first-order valence-electron chi connectivity index (χ1n) is 3.27. The third-order valence-corrected chi connectivity index (χ3v) is 0.927. The number of hydrogen-bond donors (Lipinski definition) is 0. The van der Waals surface area contributed by atoms with E-state index >= 15 is 0 Å². The van der Waals surface area contributed by atoms with Crippen molar-refractivity contribution >= 4 is 0 Å². The molecule has 0 aromatic heterocycles. The lowest BCUT2D eigenvalue weighted by Gasteiger charge is -1.97. The normalized spacial score (nSPS) is 9.75. The van der Waals surface area contributed by atoms with Gasteiger partial charge in [0.25, 0.3) is 0 Å². The number of rotatable bonds is 5. The van der Waals surface area contributed by atoms with Crippen molar-refractivity contribution in [2.24, 2.45) is 0 Å². The van der Waals surface area contributed by atoms with Crippen LogP contribution >= 0.6 is 0 Å². The topological polar surface area (TPSA) is 9.23 Å². The van der Waals surface area contributed by atoms with Gasteiger partial charge in [-0.05, 0) is 12.8 Å². The van der Waals surface area contributed by atoms with Crippen LogP contribution in [0.15, 0.2) is 0 Å². The highest BCUT2D eigenvalue weighted by Crippen LogP contribution is 1.87. The average Bonchev–Trinajstić information content (AvgIpc) is 1.81. The Morgan fingerprint density at radius 2 is 2.25 bits per heavy atom. The van der Waals surface area contributed by atoms with Gasteiger partial charge in [-0.1, -0.05) is 20.3 Å². The van der Waals surface area contributed by atoms with Gasteiger partial charge in [-0.15, -0.1) is 0 Å². The van der Waals surface area contributed by atoms with Crippen LogP contribution in [-0.4, -0.2) is 13.2 Å². The second-order valence-corrected chi connectivity index (χ2v) is 1.84. The predicted molar refractivity (Wildman–Crippen MR) is 35.7 cm³/mol. The van der Waals surface area contributed by atoms with Crippen LogP contribution in [0.3, 0.4) is 0 Å². The third-order valence-electron chi connectivity index (χ3n) is 0.927. The Balaban J connectivity index is 2.53. The number of hydrogen-bond acceptors (Lipinski definition) is 1. The summed E-state index contributed by atoms with van der Waals surface area (Å²) in [6.45, 7) is 5.89. The largest absolute Gasteiger partial charge is 0.381 e. The summed E-state index contributed by atoms with van der Waals surface area (Å²) in [6, 6.07) is 0. The summed E-state index contributed by atoms with van der Waals surface area (Å²) in [5.74, 6) is 0. The van der Waals surface area contributed by atoms with Gasteiger partial charge in [-0.3, -0.25) is 0 Å². The molecule has 0 amide bonds. The molecule has 0 fully saturated rings. The standard InChI is InChI=1S/C7H15O/c1-3-5-7-8-6-4-2/h4H,3,5-7H2,1-2H3. The molecule has 49 valence electrons. The van der Waals surface area contributed by atoms with Crippen molar-refractivity contribution in [2.45, 2.75) is 26.7 Å². The van der Waals surface area contributed by atoms with Gasteiger partial charge in [-0.2, -0.15) is 0 Å². The summed E-state index contributed by atoms with van der Waals surface area (Å²) in [6.07, 6.45) is 4.44. The Morgan fingerprint density at radius 1 is 1.50 bits per heavy atom. The average molecular weight is 115 g/mol. The fraction of sp³-hybridized carbons (Fsp3) is 0.857. The molecule has 0 aromatic carbocycles. The molecule has 0 bridgehead atoms. The van der Waals surface area contributed by atoms with E-state index in [1.807, 2.05) is 13.3 Å². The minimum atomic E-state index is 0.806. The van der Waals surface area contributed by atoms with E-state index in [-0.39, 0.29) is 0 Å². The van der Waals surface area contributed by atoms with Gasteiger partial charge in [0, 0.05) is 13.2 Å². The molecule has 0 unspecified atom stereocenters. The maximum Gasteiger partial charge on any atom is 0.0495 e. The zero-order valence-electron chi connectivity index (χ0n) is 5.81. The zero-order chi connectivity index (χ0) is 6.24. The lowest BCUT2D eigenvalue weighted by atomic mass is 10.4. The molecule has 1 heteroatoms. The Labute approximate surface area is 52.0 Å². The molecule has 0 N–H and O–H groups in total. The molecular formula is C7H15O. The van der Waals surface area contributed by atoms with Crippen LogP contribution in [0, 0.1) is 6.42 Å². The molecule has 0 spiro atoms. The van der Waals surface area contributed by atoms with E-state index < -0.39 is 0 Å². The van der Waals surface area contributed by atoms with Gasteiger partial charge in [0.05, 0.1) is 0 Å². The van der Waals surface area contributed by atoms with Crippen LogP contribution < -0.4 is 0 Å². The first kappa shape index (κ1) is 7.96. The van der Waals surface area contributed by atoms with Crippen molar-refractivity contribution < 1.29 is 4.74 Å². The molecule has 0 aliphatic heterocycles. The maximum absolute atomic E-state index is 5.17. The quantitative estimate of drug-likeness (QED) is 0.498. The minimum Gasteiger partial charge on any atom is -0.381 e. The lowest BCUT2D eigenvalue weighted by molar-refractivity contribution is 0.151. The second kappa shape index (κ2) is 6.96. The fourth-order valence-electron chi connectivity index (χ4n) is 0.448. The van der Waals surface area contributed by atoms with Crippen LogP contribution in [0.2, 0.25) is 0 Å². The van der Waals surface area contributed by atoms with Gasteiger partial charge in [0.15, 0.2) is 0 Å². The first-order chi connectivity index (χ1) is 3.91. The SMILES string of the molecule is C[CH]COCCCC. The van der Waals surface area contributed by atoms with Gasteiger partial charge in [-0.25, -0.2) is 0 Å². The monoisotopic (exact) mass is 115 g/mol. The molecule has 1 nitrogen and oxygen atoms in total. The zero-order valence-corrected chi connectivity index (χ0v) is 5.81. The molecule has 0 aromatic rings. The lowest BCUT2D eigenvalue weighted by Crippen LogP contribution is -1.94. The third kappa shape index (κ3) is 5.96. The van der Waals surface area contributed by atoms with Crippen molar-refractivity contribution in [3.05, 3.63) is 6.42 Å². The maximum atomic E-state index is 5.17. The van der Waals surface area contributed by atoms with Crippen LogP contribution in [-0.2, 0) is 4.74 Å². The molecule has 0 heterocycles. The van der Waals surface area contributed by atoms with Crippen LogP contribution in [0.1, 0.15) is 26.7 Å². The number of unbranched alkanes of at least 4 members (excludes halogenated alkanes) is 1. The summed E-state index contributed by atoms with van der Waals surface area (Å²) in [5.41, 5.74) is 0. The molecule has 0 saturated carbocycles. The van der Waals surface area contributed by atoms with E-state index in [4.69, 9.17) is 4.74 Å². The van der Waals surface area contributed by atoms with Crippen LogP contribution in [0.4, 0.5) is 0 Å². The van der Waals surface area contributed by atoms with Crippen molar-refractivity contribution in [1.82, 2.24) is 0 Å². The molecule has 0 atom stereocenters. The van der Waals surface area contributed by atoms with Crippen molar-refractivity contribution in [3.8, 4) is 0 Å². The van der Waals surface area contributed by atoms with E-state index in [1.54, 1.807) is 0 Å². The Morgan fingerprint density at radius 3 is 2.75 bits per heavy atom. The second-order valence-electron chi connectivity index (χ2n) is 1.84. The van der Waals surface area contributed by atoms with Gasteiger partial charge < -0.3 is 4.74 Å². The highest BCUT2D eigenvalue weighted by molar-refractivity contribution is 4.50. The molecule has 0 aliphatic carbocycles. The van der Waals surface area contributed by atoms with Gasteiger partial charge in [0.1, 0.15) is 0 Å². The summed E-state index contributed by atoms with van der Waals surface area (Å²) >= 11 is 0. The van der Waals surface area contributed by atoms with Crippen LogP contribution in [0.5, 0.6) is 0 Å². The first-order valence-corrected chi connectivity index (χ1v) is 3.27. The molecule has 0 aliphatic rings. The van der Waals surface area contributed by atoms with Crippen molar-refractivity contribution in [1.29, 1.82) is 0 Å². The highest BCUT2D eigenvalue weighted by atomic mass is 16.5. The van der Waals surface area contributed by atoms with Crippen molar-refractivity contribution in [3.63, 3.8) is 0 Å². The minimum absolute atomic E-state index is 0.806. The van der Waals surface area contributed by atoms with Crippen LogP contribution in [0.25, 0.3) is 0 Å². The van der Waals surface area contributed by atoms with Crippen molar-refractivity contribution in [2.75, 3.05) is 13.2 Å². The van der Waals surface area contributed by atoms with Gasteiger partial charge >= 0.3 is 0 Å². The van der Waals surface area contributed by atoms with E-state index in [1.165, 1.54) is 12.8 Å². The molecular weight excluding hydrogens is 100 g/mol. The predicted octanol–water partition coefficient (Wildman–Crippen LogP) is 2.03. The Bertz CT molecular complexity index is 29.4. The Hall–Kier alpha value is -0.0400. The van der Waals surface area contributed by atoms with E-state index in [9.17, 15) is 0 Å². The smallest absolute Gasteiger partial charge is 0.0495 e. The fourth-order valence-corrected chi connectivity index (χ4v) is 0.448. The van der Waals surface area contributed by atoms with Gasteiger partial charge in [0.2, 0.25) is 0 Å². The number of ether oxygens (including phenoxy) is 1. The van der Waals surface area contributed by atoms with E-state index in [0.29, 0.717) is 0 Å². The summed E-state index contributed by atoms with van der Waals surface area (Å²) in [4.78, 5) is 0. The van der Waals surface area contributed by atoms with E-state index in [2.05, 4.69) is 6.92 Å².